The third-order valence-electron chi connectivity index (χ3n) is 3.64. The maximum Gasteiger partial charge on any atom is 0.216 e. The molecule has 0 unspecified atom stereocenters. The van der Waals surface area contributed by atoms with E-state index in [1.165, 1.54) is 0 Å². The molecular formula is C19H27N5O2S. The second kappa shape index (κ2) is 10.0. The van der Waals surface area contributed by atoms with Crippen LogP contribution in [0.2, 0.25) is 0 Å². The second-order valence-corrected chi connectivity index (χ2v) is 8.20. The molecule has 2 aromatic rings. The number of pyridine rings is 1. The van der Waals surface area contributed by atoms with Crippen LogP contribution in [0.15, 0.2) is 53.7 Å². The van der Waals surface area contributed by atoms with Crippen molar-refractivity contribution in [3.05, 3.63) is 65.5 Å². The zero-order valence-electron chi connectivity index (χ0n) is 15.9. The number of nitrogens with one attached hydrogen (secondary N) is 3. The molecule has 8 heteroatoms. The van der Waals surface area contributed by atoms with E-state index in [4.69, 9.17) is 0 Å². The van der Waals surface area contributed by atoms with Crippen molar-refractivity contribution in [2.75, 3.05) is 7.05 Å². The molecule has 0 bridgehead atoms. The van der Waals surface area contributed by atoms with E-state index >= 15 is 0 Å². The van der Waals surface area contributed by atoms with Gasteiger partial charge in [0.25, 0.3) is 0 Å². The van der Waals surface area contributed by atoms with Crippen molar-refractivity contribution in [1.29, 1.82) is 0 Å². The second-order valence-electron chi connectivity index (χ2n) is 6.45. The van der Waals surface area contributed by atoms with Crippen LogP contribution >= 0.6 is 0 Å². The molecule has 0 fully saturated rings. The van der Waals surface area contributed by atoms with Crippen molar-refractivity contribution >= 4 is 16.0 Å². The van der Waals surface area contributed by atoms with E-state index in [0.717, 1.165) is 16.8 Å². The molecular weight excluding hydrogens is 362 g/mol. The zero-order valence-corrected chi connectivity index (χ0v) is 16.8. The van der Waals surface area contributed by atoms with Crippen LogP contribution in [0.3, 0.4) is 0 Å². The summed E-state index contributed by atoms with van der Waals surface area (Å²) in [5.41, 5.74) is 2.72. The first-order valence-corrected chi connectivity index (χ1v) is 10.5. The Hall–Kier alpha value is -2.45. The monoisotopic (exact) mass is 389 g/mol. The Balaban J connectivity index is 1.84. The molecule has 0 saturated heterocycles. The maximum absolute atomic E-state index is 12.0. The molecule has 1 heterocycles. The molecule has 0 atom stereocenters. The summed E-state index contributed by atoms with van der Waals surface area (Å²) in [7, 11) is -1.60. The van der Waals surface area contributed by atoms with Gasteiger partial charge in [0.15, 0.2) is 5.96 Å². The Kier molecular flexibility index (Phi) is 7.75. The molecule has 0 spiro atoms. The Bertz CT molecular complexity index is 834. The summed E-state index contributed by atoms with van der Waals surface area (Å²) in [5.74, 6) is 0.653. The van der Waals surface area contributed by atoms with Gasteiger partial charge in [0.1, 0.15) is 0 Å². The average Bonchev–Trinajstić information content (AvgIpc) is 2.62. The Labute approximate surface area is 161 Å². The molecule has 0 aliphatic carbocycles. The first-order chi connectivity index (χ1) is 12.9. The fourth-order valence-electron chi connectivity index (χ4n) is 2.46. The number of nitrogens with zero attached hydrogens (tertiary/aromatic N) is 2. The number of rotatable bonds is 8. The molecule has 0 aliphatic rings. The standard InChI is InChI=1S/C19H27N5O2S/c1-15(2)24-27(25,26)14-17-9-7-16(8-10-17)12-22-19(20-3)23-13-18-6-4-5-11-21-18/h4-11,15,24H,12-14H2,1-3H3,(H2,20,22,23). The Morgan fingerprint density at radius 2 is 1.70 bits per heavy atom. The van der Waals surface area contributed by atoms with Crippen molar-refractivity contribution in [2.45, 2.75) is 38.7 Å². The first kappa shape index (κ1) is 20.9. The minimum Gasteiger partial charge on any atom is -0.352 e. The zero-order chi connectivity index (χ0) is 19.7. The highest BCUT2D eigenvalue weighted by molar-refractivity contribution is 7.88. The lowest BCUT2D eigenvalue weighted by Crippen LogP contribution is -2.36. The van der Waals surface area contributed by atoms with Crippen LogP contribution in [0.4, 0.5) is 0 Å². The minimum atomic E-state index is -3.31. The fraction of sp³-hybridized carbons (Fsp3) is 0.368. The highest BCUT2D eigenvalue weighted by Crippen LogP contribution is 2.08. The third kappa shape index (κ3) is 7.76. The van der Waals surface area contributed by atoms with Crippen LogP contribution < -0.4 is 15.4 Å². The van der Waals surface area contributed by atoms with Crippen molar-refractivity contribution in [1.82, 2.24) is 20.3 Å². The van der Waals surface area contributed by atoms with Gasteiger partial charge in [-0.2, -0.15) is 0 Å². The average molecular weight is 390 g/mol. The van der Waals surface area contributed by atoms with Gasteiger partial charge in [-0.3, -0.25) is 9.98 Å². The van der Waals surface area contributed by atoms with Crippen molar-refractivity contribution in [2.24, 2.45) is 4.99 Å². The van der Waals surface area contributed by atoms with Gasteiger partial charge in [0, 0.05) is 25.8 Å². The van der Waals surface area contributed by atoms with Gasteiger partial charge in [-0.25, -0.2) is 13.1 Å². The van der Waals surface area contributed by atoms with E-state index in [1.807, 2.05) is 42.5 Å². The van der Waals surface area contributed by atoms with E-state index in [2.05, 4.69) is 25.3 Å². The largest absolute Gasteiger partial charge is 0.352 e. The van der Waals surface area contributed by atoms with Gasteiger partial charge in [0.2, 0.25) is 10.0 Å². The van der Waals surface area contributed by atoms with Gasteiger partial charge in [-0.15, -0.1) is 0 Å². The highest BCUT2D eigenvalue weighted by Gasteiger charge is 2.12. The summed E-state index contributed by atoms with van der Waals surface area (Å²) >= 11 is 0. The predicted molar refractivity (Wildman–Crippen MR) is 109 cm³/mol. The van der Waals surface area contributed by atoms with Crippen LogP contribution in [0.1, 0.15) is 30.7 Å². The molecule has 1 aromatic heterocycles. The lowest BCUT2D eigenvalue weighted by molar-refractivity contribution is 0.569. The maximum atomic E-state index is 12.0. The number of aromatic nitrogens is 1. The van der Waals surface area contributed by atoms with Crippen LogP contribution in [-0.4, -0.2) is 32.5 Å². The number of guanidine groups is 1. The molecule has 3 N–H and O–H groups in total. The normalized spacial score (nSPS) is 12.2. The van der Waals surface area contributed by atoms with Gasteiger partial charge in [-0.1, -0.05) is 30.3 Å². The number of sulfonamides is 1. The topological polar surface area (TPSA) is 95.5 Å². The smallest absolute Gasteiger partial charge is 0.216 e. The number of aliphatic imine (C=N–C) groups is 1. The SMILES string of the molecule is CN=C(NCc1ccc(CS(=O)(=O)NC(C)C)cc1)NCc1ccccn1. The molecule has 146 valence electrons. The molecule has 2 rings (SSSR count). The summed E-state index contributed by atoms with van der Waals surface area (Å²) < 4.78 is 26.6. The van der Waals surface area contributed by atoms with Gasteiger partial charge in [0.05, 0.1) is 18.0 Å². The molecule has 1 aromatic carbocycles. The molecule has 0 radical (unpaired) electrons. The summed E-state index contributed by atoms with van der Waals surface area (Å²) in [5, 5.41) is 6.44. The van der Waals surface area contributed by atoms with Crippen molar-refractivity contribution in [3.63, 3.8) is 0 Å². The summed E-state index contributed by atoms with van der Waals surface area (Å²) in [6.45, 7) is 4.78. The molecule has 27 heavy (non-hydrogen) atoms. The van der Waals surface area contributed by atoms with E-state index in [1.54, 1.807) is 27.1 Å². The molecule has 0 amide bonds. The Morgan fingerprint density at radius 1 is 1.04 bits per heavy atom. The molecule has 0 saturated carbocycles. The lowest BCUT2D eigenvalue weighted by Gasteiger charge is -2.12. The van der Waals surface area contributed by atoms with Crippen LogP contribution in [0.25, 0.3) is 0 Å². The quantitative estimate of drug-likeness (QED) is 0.472. The summed E-state index contributed by atoms with van der Waals surface area (Å²) in [4.78, 5) is 8.45. The number of hydrogen-bond acceptors (Lipinski definition) is 4. The molecule has 0 aliphatic heterocycles. The van der Waals surface area contributed by atoms with Gasteiger partial charge in [-0.05, 0) is 37.1 Å². The summed E-state index contributed by atoms with van der Waals surface area (Å²) in [6.07, 6.45) is 1.76. The minimum absolute atomic E-state index is 0.0216. The lowest BCUT2D eigenvalue weighted by atomic mass is 10.1. The number of hydrogen-bond donors (Lipinski definition) is 3. The molecule has 7 nitrogen and oxygen atoms in total. The number of benzene rings is 1. The van der Waals surface area contributed by atoms with E-state index in [-0.39, 0.29) is 11.8 Å². The van der Waals surface area contributed by atoms with Gasteiger partial charge < -0.3 is 10.6 Å². The van der Waals surface area contributed by atoms with Crippen LogP contribution in [0.5, 0.6) is 0 Å². The summed E-state index contributed by atoms with van der Waals surface area (Å²) in [6, 6.07) is 13.2. The van der Waals surface area contributed by atoms with E-state index in [0.29, 0.717) is 19.0 Å². The highest BCUT2D eigenvalue weighted by atomic mass is 32.2. The van der Waals surface area contributed by atoms with Crippen LogP contribution in [-0.2, 0) is 28.9 Å². The Morgan fingerprint density at radius 3 is 2.30 bits per heavy atom. The van der Waals surface area contributed by atoms with Crippen molar-refractivity contribution in [3.8, 4) is 0 Å². The van der Waals surface area contributed by atoms with Crippen molar-refractivity contribution < 1.29 is 8.42 Å². The van der Waals surface area contributed by atoms with E-state index < -0.39 is 10.0 Å². The predicted octanol–water partition coefficient (Wildman–Crippen LogP) is 1.77. The first-order valence-electron chi connectivity index (χ1n) is 8.80. The fourth-order valence-corrected chi connectivity index (χ4v) is 3.89. The van der Waals surface area contributed by atoms with Gasteiger partial charge >= 0.3 is 0 Å². The van der Waals surface area contributed by atoms with Crippen LogP contribution in [0, 0.1) is 0 Å². The van der Waals surface area contributed by atoms with E-state index in [9.17, 15) is 8.42 Å². The third-order valence-corrected chi connectivity index (χ3v) is 5.19.